The van der Waals surface area contributed by atoms with Crippen molar-refractivity contribution in [3.63, 3.8) is 0 Å². The molecule has 0 saturated carbocycles. The van der Waals surface area contributed by atoms with Crippen LogP contribution in [0.25, 0.3) is 0 Å². The van der Waals surface area contributed by atoms with Crippen molar-refractivity contribution in [2.75, 3.05) is 31.7 Å². The van der Waals surface area contributed by atoms with E-state index in [0.717, 1.165) is 5.69 Å². The molecule has 0 atom stereocenters. The maximum absolute atomic E-state index is 12.3. The Morgan fingerprint density at radius 2 is 1.95 bits per heavy atom. The number of nitrogens with zero attached hydrogens (tertiary/aromatic N) is 1. The van der Waals surface area contributed by atoms with Crippen LogP contribution in [0.1, 0.15) is 13.8 Å². The van der Waals surface area contributed by atoms with Crippen molar-refractivity contribution in [3.8, 4) is 11.5 Å². The lowest BCUT2D eigenvalue weighted by molar-refractivity contribution is -0.125. The highest BCUT2D eigenvalue weighted by molar-refractivity contribution is 5.97. The first kappa shape index (κ1) is 13.7. The van der Waals surface area contributed by atoms with Crippen molar-refractivity contribution >= 4 is 11.6 Å². The molecular formula is C14H20N2O3. The van der Waals surface area contributed by atoms with Crippen molar-refractivity contribution in [2.45, 2.75) is 13.8 Å². The number of hydrogen-bond acceptors (Lipinski definition) is 4. The number of amides is 1. The zero-order valence-corrected chi connectivity index (χ0v) is 11.6. The molecule has 0 aromatic heterocycles. The monoisotopic (exact) mass is 264 g/mol. The number of rotatable bonds is 3. The minimum Gasteiger partial charge on any atom is -0.486 e. The van der Waals surface area contributed by atoms with Crippen molar-refractivity contribution in [2.24, 2.45) is 11.1 Å². The molecule has 5 heteroatoms. The zero-order chi connectivity index (χ0) is 14.0. The maximum Gasteiger partial charge on any atom is 0.233 e. The molecule has 0 unspecified atom stereocenters. The topological polar surface area (TPSA) is 64.8 Å². The van der Waals surface area contributed by atoms with Crippen LogP contribution in [0.3, 0.4) is 0 Å². The minimum absolute atomic E-state index is 0.0216. The molecule has 0 saturated heterocycles. The van der Waals surface area contributed by atoms with Crippen LogP contribution in [0.4, 0.5) is 5.69 Å². The highest BCUT2D eigenvalue weighted by Gasteiger charge is 2.30. The molecule has 1 amide bonds. The van der Waals surface area contributed by atoms with Crippen LogP contribution < -0.4 is 20.1 Å². The number of hydrogen-bond donors (Lipinski definition) is 1. The average molecular weight is 264 g/mol. The number of nitrogens with two attached hydrogens (primary N) is 1. The summed E-state index contributed by atoms with van der Waals surface area (Å²) < 4.78 is 11.0. The van der Waals surface area contributed by atoms with Crippen molar-refractivity contribution in [1.82, 2.24) is 0 Å². The minimum atomic E-state index is -0.581. The van der Waals surface area contributed by atoms with Gasteiger partial charge in [0.2, 0.25) is 5.91 Å². The molecule has 0 bridgehead atoms. The van der Waals surface area contributed by atoms with Crippen LogP contribution in [0.2, 0.25) is 0 Å². The molecule has 104 valence electrons. The van der Waals surface area contributed by atoms with Crippen LogP contribution in [-0.2, 0) is 4.79 Å². The van der Waals surface area contributed by atoms with Gasteiger partial charge >= 0.3 is 0 Å². The van der Waals surface area contributed by atoms with E-state index in [1.807, 2.05) is 32.0 Å². The number of carbonyl (C=O) groups excluding carboxylic acids is 1. The van der Waals surface area contributed by atoms with E-state index in [1.54, 1.807) is 11.9 Å². The molecule has 1 aromatic rings. The smallest absolute Gasteiger partial charge is 0.233 e. The predicted molar refractivity (Wildman–Crippen MR) is 73.7 cm³/mol. The Balaban J connectivity index is 2.24. The quantitative estimate of drug-likeness (QED) is 0.896. The van der Waals surface area contributed by atoms with Gasteiger partial charge < -0.3 is 20.1 Å². The summed E-state index contributed by atoms with van der Waals surface area (Å²) in [6.45, 7) is 5.07. The third kappa shape index (κ3) is 2.66. The highest BCUT2D eigenvalue weighted by atomic mass is 16.6. The van der Waals surface area contributed by atoms with E-state index in [2.05, 4.69) is 0 Å². The first-order valence-corrected chi connectivity index (χ1v) is 6.33. The molecule has 1 aromatic carbocycles. The summed E-state index contributed by atoms with van der Waals surface area (Å²) >= 11 is 0. The molecule has 5 nitrogen and oxygen atoms in total. The van der Waals surface area contributed by atoms with Crippen molar-refractivity contribution in [3.05, 3.63) is 18.2 Å². The molecule has 2 N–H and O–H groups in total. The van der Waals surface area contributed by atoms with E-state index < -0.39 is 5.41 Å². The average Bonchev–Trinajstić information content (AvgIpc) is 2.45. The predicted octanol–water partition coefficient (Wildman–Crippen LogP) is 1.41. The number of fused-ring (bicyclic) bond motifs is 1. The first-order chi connectivity index (χ1) is 8.95. The van der Waals surface area contributed by atoms with E-state index in [1.165, 1.54) is 0 Å². The summed E-state index contributed by atoms with van der Waals surface area (Å²) in [5.74, 6) is 1.37. The summed E-state index contributed by atoms with van der Waals surface area (Å²) in [6.07, 6.45) is 0. The van der Waals surface area contributed by atoms with E-state index in [4.69, 9.17) is 15.2 Å². The highest BCUT2D eigenvalue weighted by Crippen LogP contribution is 2.34. The summed E-state index contributed by atoms with van der Waals surface area (Å²) in [4.78, 5) is 13.9. The lowest BCUT2D eigenvalue weighted by Gasteiger charge is -2.29. The van der Waals surface area contributed by atoms with E-state index >= 15 is 0 Å². The van der Waals surface area contributed by atoms with E-state index in [9.17, 15) is 4.79 Å². The lowest BCUT2D eigenvalue weighted by atomic mass is 9.92. The Hall–Kier alpha value is -1.75. The molecule has 1 heterocycles. The third-order valence-corrected chi connectivity index (χ3v) is 3.31. The normalized spacial score (nSPS) is 14.1. The van der Waals surface area contributed by atoms with Crippen LogP contribution in [0.5, 0.6) is 11.5 Å². The Kier molecular flexibility index (Phi) is 3.66. The Morgan fingerprint density at radius 3 is 2.58 bits per heavy atom. The first-order valence-electron chi connectivity index (χ1n) is 6.33. The van der Waals surface area contributed by atoms with Crippen LogP contribution >= 0.6 is 0 Å². The second-order valence-corrected chi connectivity index (χ2v) is 5.28. The van der Waals surface area contributed by atoms with Gasteiger partial charge in [-0.05, 0) is 26.0 Å². The fraction of sp³-hybridized carbons (Fsp3) is 0.500. The molecule has 1 aliphatic heterocycles. The molecule has 0 aliphatic carbocycles. The fourth-order valence-corrected chi connectivity index (χ4v) is 1.90. The number of carbonyl (C=O) groups is 1. The van der Waals surface area contributed by atoms with Gasteiger partial charge in [-0.25, -0.2) is 0 Å². The molecule has 1 aliphatic rings. The molecule has 0 radical (unpaired) electrons. The van der Waals surface area contributed by atoms with Gasteiger partial charge in [0.05, 0.1) is 5.41 Å². The van der Waals surface area contributed by atoms with E-state index in [-0.39, 0.29) is 5.91 Å². The molecular weight excluding hydrogens is 244 g/mol. The number of ether oxygens (including phenoxy) is 2. The lowest BCUT2D eigenvalue weighted by Crippen LogP contribution is -2.43. The fourth-order valence-electron chi connectivity index (χ4n) is 1.90. The van der Waals surface area contributed by atoms with Gasteiger partial charge in [0.25, 0.3) is 0 Å². The number of anilines is 1. The summed E-state index contributed by atoms with van der Waals surface area (Å²) in [6, 6.07) is 5.49. The van der Waals surface area contributed by atoms with Gasteiger partial charge in [-0.2, -0.15) is 0 Å². The van der Waals surface area contributed by atoms with Crippen molar-refractivity contribution < 1.29 is 14.3 Å². The van der Waals surface area contributed by atoms with Crippen LogP contribution in [0, 0.1) is 5.41 Å². The summed E-state index contributed by atoms with van der Waals surface area (Å²) in [5.41, 5.74) is 5.83. The van der Waals surface area contributed by atoms with E-state index in [0.29, 0.717) is 31.3 Å². The zero-order valence-electron chi connectivity index (χ0n) is 11.6. The summed E-state index contributed by atoms with van der Waals surface area (Å²) in [7, 11) is 1.74. The van der Waals surface area contributed by atoms with Gasteiger partial charge in [0, 0.05) is 25.3 Å². The van der Waals surface area contributed by atoms with Crippen LogP contribution in [-0.4, -0.2) is 32.7 Å². The van der Waals surface area contributed by atoms with Gasteiger partial charge in [0.15, 0.2) is 11.5 Å². The van der Waals surface area contributed by atoms with Gasteiger partial charge in [0.1, 0.15) is 13.2 Å². The maximum atomic E-state index is 12.3. The second kappa shape index (κ2) is 5.09. The van der Waals surface area contributed by atoms with Crippen molar-refractivity contribution in [1.29, 1.82) is 0 Å². The standard InChI is InChI=1S/C14H20N2O3/c1-14(2,9-15)13(17)16(3)10-4-5-11-12(8-10)19-7-6-18-11/h4-5,8H,6-7,9,15H2,1-3H3. The molecule has 2 rings (SSSR count). The third-order valence-electron chi connectivity index (χ3n) is 3.31. The van der Waals surface area contributed by atoms with Gasteiger partial charge in [-0.15, -0.1) is 0 Å². The second-order valence-electron chi connectivity index (χ2n) is 5.28. The largest absolute Gasteiger partial charge is 0.486 e. The molecule has 19 heavy (non-hydrogen) atoms. The Bertz CT molecular complexity index is 486. The Morgan fingerprint density at radius 1 is 1.32 bits per heavy atom. The molecule has 0 fully saturated rings. The van der Waals surface area contributed by atoms with Gasteiger partial charge in [-0.3, -0.25) is 4.79 Å². The molecule has 0 spiro atoms. The number of benzene rings is 1. The Labute approximate surface area is 113 Å². The summed E-state index contributed by atoms with van der Waals surface area (Å²) in [5, 5.41) is 0. The SMILES string of the molecule is CN(C(=O)C(C)(C)CN)c1ccc2c(c1)OCCO2. The van der Waals surface area contributed by atoms with Gasteiger partial charge in [-0.1, -0.05) is 0 Å². The van der Waals surface area contributed by atoms with Crippen LogP contribution in [0.15, 0.2) is 18.2 Å².